The number of carbonyl (C=O) groups excluding carboxylic acids is 1. The number of aryl methyl sites for hydroxylation is 2. The topological polar surface area (TPSA) is 57.6 Å². The first-order valence-electron chi connectivity index (χ1n) is 9.81. The van der Waals surface area contributed by atoms with Crippen LogP contribution in [-0.2, 0) is 11.3 Å². The fourth-order valence-corrected chi connectivity index (χ4v) is 4.43. The maximum Gasteiger partial charge on any atom is 0.313 e. The lowest BCUT2D eigenvalue weighted by molar-refractivity contribution is -0.140. The van der Waals surface area contributed by atoms with E-state index in [-0.39, 0.29) is 5.91 Å². The fraction of sp³-hybridized carbons (Fsp3) is 0.200. The van der Waals surface area contributed by atoms with Gasteiger partial charge in [-0.25, -0.2) is 0 Å². The lowest BCUT2D eigenvalue weighted by atomic mass is 9.79. The lowest BCUT2D eigenvalue weighted by Crippen LogP contribution is -2.44. The monoisotopic (exact) mass is 463 g/mol. The molecule has 4 rings (SSSR count). The van der Waals surface area contributed by atoms with E-state index < -0.39 is 17.9 Å². The van der Waals surface area contributed by atoms with Crippen molar-refractivity contribution in [3.63, 3.8) is 0 Å². The third kappa shape index (κ3) is 3.65. The van der Waals surface area contributed by atoms with E-state index in [0.29, 0.717) is 17.7 Å². The smallest absolute Gasteiger partial charge is 0.313 e. The van der Waals surface area contributed by atoms with Crippen LogP contribution >= 0.6 is 15.9 Å². The Morgan fingerprint density at radius 1 is 1.00 bits per heavy atom. The summed E-state index contributed by atoms with van der Waals surface area (Å²) in [6.07, 6.45) is 0. The average molecular weight is 464 g/mol. The van der Waals surface area contributed by atoms with Gasteiger partial charge >= 0.3 is 5.97 Å². The number of fused-ring (bicyclic) bond motifs is 1. The summed E-state index contributed by atoms with van der Waals surface area (Å²) in [6.45, 7) is 4.43. The predicted molar refractivity (Wildman–Crippen MR) is 119 cm³/mol. The first-order valence-corrected chi connectivity index (χ1v) is 10.6. The number of hydrogen-bond acceptors (Lipinski definition) is 2. The second kappa shape index (κ2) is 8.07. The van der Waals surface area contributed by atoms with Crippen LogP contribution in [0.2, 0.25) is 0 Å². The van der Waals surface area contributed by atoms with Crippen molar-refractivity contribution < 1.29 is 14.7 Å². The maximum absolute atomic E-state index is 13.5. The van der Waals surface area contributed by atoms with E-state index in [1.807, 2.05) is 50.2 Å². The Balaban J connectivity index is 1.87. The zero-order chi connectivity index (χ0) is 21.4. The number of nitrogens with zero attached hydrogens (tertiary/aromatic N) is 1. The van der Waals surface area contributed by atoms with Crippen LogP contribution < -0.4 is 0 Å². The Kier molecular flexibility index (Phi) is 5.48. The first kappa shape index (κ1) is 20.4. The number of benzene rings is 3. The van der Waals surface area contributed by atoms with Crippen LogP contribution in [0.25, 0.3) is 0 Å². The molecule has 0 spiro atoms. The minimum Gasteiger partial charge on any atom is -0.481 e. The maximum atomic E-state index is 13.5. The second-order valence-electron chi connectivity index (χ2n) is 7.75. The van der Waals surface area contributed by atoms with Crippen LogP contribution in [0.3, 0.4) is 0 Å². The van der Waals surface area contributed by atoms with Crippen molar-refractivity contribution >= 4 is 27.8 Å². The van der Waals surface area contributed by atoms with Gasteiger partial charge in [-0.3, -0.25) is 9.59 Å². The highest BCUT2D eigenvalue weighted by atomic mass is 79.9. The van der Waals surface area contributed by atoms with Gasteiger partial charge in [-0.15, -0.1) is 0 Å². The molecular formula is C25H22BrNO3. The average Bonchev–Trinajstić information content (AvgIpc) is 2.73. The molecule has 30 heavy (non-hydrogen) atoms. The van der Waals surface area contributed by atoms with Crippen molar-refractivity contribution in [2.75, 3.05) is 0 Å². The fourth-order valence-electron chi connectivity index (χ4n) is 4.16. The molecule has 1 amide bonds. The third-order valence-corrected chi connectivity index (χ3v) is 6.37. The van der Waals surface area contributed by atoms with Gasteiger partial charge < -0.3 is 10.0 Å². The quantitative estimate of drug-likeness (QED) is 0.545. The van der Waals surface area contributed by atoms with Crippen molar-refractivity contribution in [3.05, 3.63) is 105 Å². The number of hydrogen-bond donors (Lipinski definition) is 1. The minimum absolute atomic E-state index is 0.144. The molecule has 0 fully saturated rings. The molecule has 0 aromatic heterocycles. The summed E-state index contributed by atoms with van der Waals surface area (Å²) in [6, 6.07) is 20.1. The molecule has 3 aromatic carbocycles. The van der Waals surface area contributed by atoms with Crippen LogP contribution in [0.15, 0.2) is 71.2 Å². The number of rotatable bonds is 4. The Morgan fingerprint density at radius 3 is 2.37 bits per heavy atom. The molecule has 0 saturated carbocycles. The largest absolute Gasteiger partial charge is 0.481 e. The highest BCUT2D eigenvalue weighted by molar-refractivity contribution is 9.10. The summed E-state index contributed by atoms with van der Waals surface area (Å²) in [5.41, 5.74) is 5.14. The molecule has 0 bridgehead atoms. The Bertz CT molecular complexity index is 1120. The molecule has 0 aliphatic carbocycles. The summed E-state index contributed by atoms with van der Waals surface area (Å²) in [5.74, 6) is -1.92. The number of carbonyl (C=O) groups is 2. The van der Waals surface area contributed by atoms with Crippen LogP contribution in [0.1, 0.15) is 50.1 Å². The molecule has 1 N–H and O–H groups in total. The van der Waals surface area contributed by atoms with Gasteiger partial charge in [0.2, 0.25) is 0 Å². The summed E-state index contributed by atoms with van der Waals surface area (Å²) < 4.78 is 0.904. The van der Waals surface area contributed by atoms with E-state index in [9.17, 15) is 14.7 Å². The van der Waals surface area contributed by atoms with E-state index in [1.165, 1.54) is 5.56 Å². The van der Waals surface area contributed by atoms with E-state index in [4.69, 9.17) is 0 Å². The van der Waals surface area contributed by atoms with E-state index in [0.717, 1.165) is 21.2 Å². The Hall–Kier alpha value is -2.92. The van der Waals surface area contributed by atoms with E-state index >= 15 is 0 Å². The zero-order valence-corrected chi connectivity index (χ0v) is 18.4. The normalized spacial score (nSPS) is 18.2. The minimum atomic E-state index is -0.937. The zero-order valence-electron chi connectivity index (χ0n) is 16.8. The molecule has 0 saturated heterocycles. The molecule has 0 radical (unpaired) electrons. The van der Waals surface area contributed by atoms with Crippen LogP contribution in [0, 0.1) is 13.8 Å². The molecule has 2 unspecified atom stereocenters. The van der Waals surface area contributed by atoms with Crippen molar-refractivity contribution in [1.29, 1.82) is 0 Å². The van der Waals surface area contributed by atoms with Crippen molar-refractivity contribution in [2.45, 2.75) is 32.4 Å². The number of carboxylic acid groups (broad SMARTS) is 1. The van der Waals surface area contributed by atoms with Gasteiger partial charge in [-0.05, 0) is 59.9 Å². The predicted octanol–water partition coefficient (Wildman–Crippen LogP) is 5.63. The van der Waals surface area contributed by atoms with Gasteiger partial charge in [0.25, 0.3) is 5.91 Å². The number of aliphatic carboxylic acids is 1. The highest BCUT2D eigenvalue weighted by Gasteiger charge is 2.44. The highest BCUT2D eigenvalue weighted by Crippen LogP contribution is 2.43. The molecule has 1 heterocycles. The summed E-state index contributed by atoms with van der Waals surface area (Å²) >= 11 is 3.44. The standard InChI is InChI=1S/C25H22BrNO3/c1-15-7-8-17(13-16(15)2)14-27-23(18-9-11-19(26)12-10-18)22(25(29)30)20-5-3-4-6-21(20)24(27)28/h3-13,22-23H,14H2,1-2H3,(H,29,30). The van der Waals surface area contributed by atoms with E-state index in [2.05, 4.69) is 22.0 Å². The van der Waals surface area contributed by atoms with Crippen LogP contribution in [0.5, 0.6) is 0 Å². The van der Waals surface area contributed by atoms with Crippen LogP contribution in [-0.4, -0.2) is 21.9 Å². The van der Waals surface area contributed by atoms with Crippen molar-refractivity contribution in [1.82, 2.24) is 4.90 Å². The summed E-state index contributed by atoms with van der Waals surface area (Å²) in [7, 11) is 0. The third-order valence-electron chi connectivity index (χ3n) is 5.84. The molecule has 1 aliphatic rings. The molecular weight excluding hydrogens is 442 g/mol. The first-order chi connectivity index (χ1) is 14.4. The molecule has 152 valence electrons. The van der Waals surface area contributed by atoms with E-state index in [1.54, 1.807) is 29.2 Å². The van der Waals surface area contributed by atoms with Gasteiger partial charge in [0, 0.05) is 16.6 Å². The number of halogens is 1. The summed E-state index contributed by atoms with van der Waals surface area (Å²) in [4.78, 5) is 27.6. The summed E-state index contributed by atoms with van der Waals surface area (Å²) in [5, 5.41) is 10.2. The van der Waals surface area contributed by atoms with Crippen molar-refractivity contribution in [3.8, 4) is 0 Å². The van der Waals surface area contributed by atoms with Gasteiger partial charge in [0.15, 0.2) is 0 Å². The second-order valence-corrected chi connectivity index (χ2v) is 8.67. The molecule has 4 nitrogen and oxygen atoms in total. The SMILES string of the molecule is Cc1ccc(CN2C(=O)c3ccccc3C(C(=O)O)C2c2ccc(Br)cc2)cc1C. The van der Waals surface area contributed by atoms with Gasteiger partial charge in [0.1, 0.15) is 5.92 Å². The molecule has 5 heteroatoms. The van der Waals surface area contributed by atoms with Gasteiger partial charge in [0.05, 0.1) is 6.04 Å². The molecule has 3 aromatic rings. The lowest BCUT2D eigenvalue weighted by Gasteiger charge is -2.41. The number of carboxylic acids is 1. The van der Waals surface area contributed by atoms with Gasteiger partial charge in [-0.2, -0.15) is 0 Å². The van der Waals surface area contributed by atoms with Crippen molar-refractivity contribution in [2.24, 2.45) is 0 Å². The Labute approximate surface area is 184 Å². The van der Waals surface area contributed by atoms with Gasteiger partial charge in [-0.1, -0.05) is 64.5 Å². The molecule has 2 atom stereocenters. The molecule has 1 aliphatic heterocycles. The van der Waals surface area contributed by atoms with Crippen LogP contribution in [0.4, 0.5) is 0 Å². The Morgan fingerprint density at radius 2 is 1.70 bits per heavy atom. The number of amides is 1.